The van der Waals surface area contributed by atoms with E-state index in [1.54, 1.807) is 11.8 Å². The summed E-state index contributed by atoms with van der Waals surface area (Å²) in [5.74, 6) is 1.80. The summed E-state index contributed by atoms with van der Waals surface area (Å²) >= 11 is 1.74. The van der Waals surface area contributed by atoms with Gasteiger partial charge in [-0.15, -0.1) is 0 Å². The molecule has 0 amide bonds. The van der Waals surface area contributed by atoms with Crippen molar-refractivity contribution >= 4 is 22.6 Å². The van der Waals surface area contributed by atoms with Crippen LogP contribution >= 0.6 is 11.8 Å². The predicted molar refractivity (Wildman–Crippen MR) is 54.5 cm³/mol. The van der Waals surface area contributed by atoms with Crippen LogP contribution in [0.2, 0.25) is 0 Å². The van der Waals surface area contributed by atoms with Gasteiger partial charge in [-0.05, 0) is 19.2 Å². The quantitative estimate of drug-likeness (QED) is 0.683. The second-order valence-electron chi connectivity index (χ2n) is 2.47. The Bertz CT molecular complexity index is 119. The lowest BCUT2D eigenvalue weighted by Crippen LogP contribution is -2.18. The Labute approximate surface area is 75.8 Å². The second kappa shape index (κ2) is 7.13. The van der Waals surface area contributed by atoms with Crippen molar-refractivity contribution in [3.05, 3.63) is 0 Å². The van der Waals surface area contributed by atoms with Gasteiger partial charge in [-0.1, -0.05) is 6.92 Å². The first-order valence-electron chi connectivity index (χ1n) is 3.78. The molecular weight excluding hydrogens is 178 g/mol. The largest absolute Gasteiger partial charge is 0.330 e. The van der Waals surface area contributed by atoms with Crippen molar-refractivity contribution in [3.63, 3.8) is 0 Å². The first kappa shape index (κ1) is 11.5. The van der Waals surface area contributed by atoms with Crippen molar-refractivity contribution in [2.75, 3.05) is 24.3 Å². The summed E-state index contributed by atoms with van der Waals surface area (Å²) in [6.07, 6.45) is 2.91. The summed E-state index contributed by atoms with van der Waals surface area (Å²) in [4.78, 5) is 0. The maximum absolute atomic E-state index is 11.3. The maximum Gasteiger partial charge on any atom is 0.0332 e. The van der Waals surface area contributed by atoms with E-state index in [-0.39, 0.29) is 5.25 Å². The minimum absolute atomic E-state index is 0.271. The molecule has 0 radical (unpaired) electrons. The van der Waals surface area contributed by atoms with Gasteiger partial charge in [-0.2, -0.15) is 11.8 Å². The first-order chi connectivity index (χ1) is 5.22. The van der Waals surface area contributed by atoms with Gasteiger partial charge in [0.05, 0.1) is 0 Å². The highest BCUT2D eigenvalue weighted by molar-refractivity contribution is 7.99. The highest BCUT2D eigenvalue weighted by atomic mass is 32.2. The molecule has 2 unspecified atom stereocenters. The zero-order valence-electron chi connectivity index (χ0n) is 7.21. The Morgan fingerprint density at radius 1 is 1.64 bits per heavy atom. The van der Waals surface area contributed by atoms with E-state index in [1.807, 2.05) is 13.2 Å². The van der Waals surface area contributed by atoms with Crippen molar-refractivity contribution in [1.82, 2.24) is 0 Å². The zero-order valence-corrected chi connectivity index (χ0v) is 8.84. The number of hydrogen-bond acceptors (Lipinski definition) is 3. The summed E-state index contributed by atoms with van der Waals surface area (Å²) < 4.78 is 11.3. The number of rotatable bonds is 6. The zero-order chi connectivity index (χ0) is 8.69. The monoisotopic (exact) mass is 195 g/mol. The highest BCUT2D eigenvalue weighted by Gasteiger charge is 2.08. The molecule has 0 fully saturated rings. The van der Waals surface area contributed by atoms with Gasteiger partial charge in [0.25, 0.3) is 0 Å². The van der Waals surface area contributed by atoms with Gasteiger partial charge in [0.2, 0.25) is 0 Å². The Balaban J connectivity index is 3.47. The predicted octanol–water partition coefficient (Wildman–Crippen LogP) is 0.835. The molecule has 0 saturated carbocycles. The molecule has 0 aliphatic rings. The third kappa shape index (κ3) is 5.70. The van der Waals surface area contributed by atoms with Crippen LogP contribution in [0.3, 0.4) is 0 Å². The average Bonchev–Trinajstić information content (AvgIpc) is 2.00. The molecule has 0 aromatic carbocycles. The molecule has 4 heteroatoms. The summed E-state index contributed by atoms with van der Waals surface area (Å²) in [7, 11) is -0.665. The van der Waals surface area contributed by atoms with Crippen molar-refractivity contribution in [1.29, 1.82) is 0 Å². The summed E-state index contributed by atoms with van der Waals surface area (Å²) in [6.45, 7) is 2.65. The highest BCUT2D eigenvalue weighted by Crippen LogP contribution is 2.02. The van der Waals surface area contributed by atoms with Gasteiger partial charge in [-0.3, -0.25) is 4.21 Å². The van der Waals surface area contributed by atoms with Gasteiger partial charge in [0, 0.05) is 27.6 Å². The summed E-state index contributed by atoms with van der Waals surface area (Å²) in [5, 5.41) is 0.271. The van der Waals surface area contributed by atoms with Gasteiger partial charge < -0.3 is 5.73 Å². The topological polar surface area (TPSA) is 43.1 Å². The lowest BCUT2D eigenvalue weighted by Gasteiger charge is -2.08. The van der Waals surface area contributed by atoms with Crippen molar-refractivity contribution in [3.8, 4) is 0 Å². The van der Waals surface area contributed by atoms with E-state index in [0.717, 1.165) is 17.9 Å². The van der Waals surface area contributed by atoms with Crippen LogP contribution < -0.4 is 5.73 Å². The Morgan fingerprint density at radius 3 is 2.73 bits per heavy atom. The van der Waals surface area contributed by atoms with Crippen LogP contribution in [-0.4, -0.2) is 33.8 Å². The van der Waals surface area contributed by atoms with Crippen molar-refractivity contribution in [2.45, 2.75) is 18.6 Å². The van der Waals surface area contributed by atoms with Crippen molar-refractivity contribution in [2.24, 2.45) is 5.73 Å². The Hall–Kier alpha value is 0.460. The lowest BCUT2D eigenvalue weighted by atomic mass is 10.3. The molecule has 11 heavy (non-hydrogen) atoms. The standard InChI is InChI=1S/C7H17NOS2/c1-7(3-4-8)11(9)6-5-10-2/h7H,3-6,8H2,1-2H3. The smallest absolute Gasteiger partial charge is 0.0332 e. The number of thioether (sulfide) groups is 1. The minimum Gasteiger partial charge on any atom is -0.330 e. The van der Waals surface area contributed by atoms with E-state index in [4.69, 9.17) is 5.73 Å². The third-order valence-corrected chi connectivity index (χ3v) is 4.12. The fourth-order valence-electron chi connectivity index (χ4n) is 0.733. The van der Waals surface area contributed by atoms with E-state index in [9.17, 15) is 4.21 Å². The molecule has 2 nitrogen and oxygen atoms in total. The third-order valence-electron chi connectivity index (χ3n) is 1.51. The molecule has 0 aromatic rings. The summed E-state index contributed by atoms with van der Waals surface area (Å²) in [6, 6.07) is 0. The first-order valence-corrected chi connectivity index (χ1v) is 6.56. The molecule has 0 rings (SSSR count). The average molecular weight is 195 g/mol. The van der Waals surface area contributed by atoms with E-state index < -0.39 is 10.8 Å². The molecule has 2 N–H and O–H groups in total. The molecular formula is C7H17NOS2. The molecule has 0 aromatic heterocycles. The van der Waals surface area contributed by atoms with Crippen LogP contribution in [0.1, 0.15) is 13.3 Å². The molecule has 0 saturated heterocycles. The fraction of sp³-hybridized carbons (Fsp3) is 1.00. The molecule has 0 aliphatic heterocycles. The van der Waals surface area contributed by atoms with Gasteiger partial charge in [0.15, 0.2) is 0 Å². The maximum atomic E-state index is 11.3. The minimum atomic E-state index is -0.665. The van der Waals surface area contributed by atoms with Crippen LogP contribution in [0.4, 0.5) is 0 Å². The summed E-state index contributed by atoms with van der Waals surface area (Å²) in [5.41, 5.74) is 5.36. The van der Waals surface area contributed by atoms with Crippen LogP contribution in [0.25, 0.3) is 0 Å². The van der Waals surface area contributed by atoms with E-state index >= 15 is 0 Å². The van der Waals surface area contributed by atoms with Crippen molar-refractivity contribution < 1.29 is 4.21 Å². The van der Waals surface area contributed by atoms with Crippen LogP contribution in [0.15, 0.2) is 0 Å². The molecule has 68 valence electrons. The van der Waals surface area contributed by atoms with E-state index in [0.29, 0.717) is 6.54 Å². The number of nitrogens with two attached hydrogens (primary N) is 1. The number of hydrogen-bond donors (Lipinski definition) is 1. The fourth-order valence-corrected chi connectivity index (χ4v) is 2.86. The lowest BCUT2D eigenvalue weighted by molar-refractivity contribution is 0.667. The molecule has 0 bridgehead atoms. The van der Waals surface area contributed by atoms with Crippen LogP contribution in [0, 0.1) is 0 Å². The van der Waals surface area contributed by atoms with Crippen LogP contribution in [0.5, 0.6) is 0 Å². The Kier molecular flexibility index (Phi) is 7.43. The van der Waals surface area contributed by atoms with Gasteiger partial charge >= 0.3 is 0 Å². The van der Waals surface area contributed by atoms with Gasteiger partial charge in [-0.25, -0.2) is 0 Å². The normalized spacial score (nSPS) is 16.3. The SMILES string of the molecule is CSCCS(=O)C(C)CCN. The van der Waals surface area contributed by atoms with Crippen LogP contribution in [-0.2, 0) is 10.8 Å². The Morgan fingerprint density at radius 2 is 2.27 bits per heavy atom. The molecule has 0 aliphatic carbocycles. The van der Waals surface area contributed by atoms with E-state index in [1.165, 1.54) is 0 Å². The second-order valence-corrected chi connectivity index (χ2v) is 5.43. The molecule has 0 heterocycles. The molecule has 2 atom stereocenters. The van der Waals surface area contributed by atoms with Gasteiger partial charge in [0.1, 0.15) is 0 Å². The van der Waals surface area contributed by atoms with E-state index in [2.05, 4.69) is 0 Å². The molecule has 0 spiro atoms.